The molecule has 0 aromatic heterocycles. The van der Waals surface area contributed by atoms with E-state index in [1.54, 1.807) is 6.92 Å². The van der Waals surface area contributed by atoms with Crippen molar-refractivity contribution in [2.75, 3.05) is 0 Å². The van der Waals surface area contributed by atoms with Crippen LogP contribution >= 0.6 is 0 Å². The minimum absolute atomic E-state index is 0.120. The number of ketones is 1. The summed E-state index contributed by atoms with van der Waals surface area (Å²) in [5, 5.41) is 0. The highest BCUT2D eigenvalue weighted by atomic mass is 16.5. The Kier molecular flexibility index (Phi) is 6.65. The van der Waals surface area contributed by atoms with Gasteiger partial charge < -0.3 is 4.74 Å². The Morgan fingerprint density at radius 3 is 2.11 bits per heavy atom. The standard InChI is InChI=1S/C26H28O2/c1-19-11-16-26(17-20(19)2)28-25-10-6-9-23(18-25)8-5-4-7-22-12-14-24(15-13-22)21(3)27/h6,9-18H,4-5,7-8H2,1-3H3. The van der Waals surface area contributed by atoms with Crippen molar-refractivity contribution in [3.63, 3.8) is 0 Å². The Bertz CT molecular complexity index is 939. The summed E-state index contributed by atoms with van der Waals surface area (Å²) in [6, 6.07) is 22.5. The van der Waals surface area contributed by atoms with Gasteiger partial charge in [0.2, 0.25) is 0 Å². The van der Waals surface area contributed by atoms with Gasteiger partial charge in [-0.3, -0.25) is 4.79 Å². The zero-order valence-electron chi connectivity index (χ0n) is 17.0. The third-order valence-electron chi connectivity index (χ3n) is 5.15. The van der Waals surface area contributed by atoms with Crippen LogP contribution in [0.4, 0.5) is 0 Å². The van der Waals surface area contributed by atoms with Crippen LogP contribution in [-0.4, -0.2) is 5.78 Å². The van der Waals surface area contributed by atoms with Gasteiger partial charge in [-0.1, -0.05) is 42.5 Å². The molecule has 0 aliphatic carbocycles. The third-order valence-corrected chi connectivity index (χ3v) is 5.15. The number of Topliss-reactive ketones (excluding diaryl/α,β-unsaturated/α-hetero) is 1. The van der Waals surface area contributed by atoms with Gasteiger partial charge in [-0.25, -0.2) is 0 Å². The molecule has 0 heterocycles. The lowest BCUT2D eigenvalue weighted by molar-refractivity contribution is 0.101. The van der Waals surface area contributed by atoms with E-state index in [1.807, 2.05) is 24.3 Å². The van der Waals surface area contributed by atoms with Gasteiger partial charge in [0.1, 0.15) is 11.5 Å². The van der Waals surface area contributed by atoms with Gasteiger partial charge in [-0.05, 0) is 93.0 Å². The maximum absolute atomic E-state index is 11.3. The van der Waals surface area contributed by atoms with Gasteiger partial charge in [0.15, 0.2) is 5.78 Å². The van der Waals surface area contributed by atoms with E-state index >= 15 is 0 Å². The second-order valence-electron chi connectivity index (χ2n) is 7.46. The van der Waals surface area contributed by atoms with Gasteiger partial charge in [0.05, 0.1) is 0 Å². The highest BCUT2D eigenvalue weighted by Gasteiger charge is 2.03. The van der Waals surface area contributed by atoms with Crippen molar-refractivity contribution in [1.82, 2.24) is 0 Å². The summed E-state index contributed by atoms with van der Waals surface area (Å²) in [5.74, 6) is 1.89. The van der Waals surface area contributed by atoms with Crippen LogP contribution in [0.2, 0.25) is 0 Å². The van der Waals surface area contributed by atoms with E-state index in [2.05, 4.69) is 56.3 Å². The van der Waals surface area contributed by atoms with E-state index in [-0.39, 0.29) is 5.78 Å². The Morgan fingerprint density at radius 2 is 1.43 bits per heavy atom. The molecule has 0 spiro atoms. The monoisotopic (exact) mass is 372 g/mol. The van der Waals surface area contributed by atoms with E-state index in [0.717, 1.165) is 42.7 Å². The third kappa shape index (κ3) is 5.56. The molecule has 0 bridgehead atoms. The van der Waals surface area contributed by atoms with Crippen molar-refractivity contribution < 1.29 is 9.53 Å². The molecule has 3 aromatic carbocycles. The SMILES string of the molecule is CC(=O)c1ccc(CCCCc2cccc(Oc3ccc(C)c(C)c3)c2)cc1. The molecule has 0 amide bonds. The van der Waals surface area contributed by atoms with Gasteiger partial charge >= 0.3 is 0 Å². The maximum atomic E-state index is 11.3. The van der Waals surface area contributed by atoms with Crippen LogP contribution in [0.15, 0.2) is 66.7 Å². The number of hydrogen-bond acceptors (Lipinski definition) is 2. The van der Waals surface area contributed by atoms with Crippen LogP contribution in [0, 0.1) is 13.8 Å². The molecule has 0 fully saturated rings. The maximum Gasteiger partial charge on any atom is 0.159 e. The first-order valence-corrected chi connectivity index (χ1v) is 9.95. The van der Waals surface area contributed by atoms with Gasteiger partial charge in [0.25, 0.3) is 0 Å². The number of unbranched alkanes of at least 4 members (excludes halogenated alkanes) is 1. The number of aryl methyl sites for hydroxylation is 4. The lowest BCUT2D eigenvalue weighted by atomic mass is 10.0. The number of carbonyl (C=O) groups excluding carboxylic acids is 1. The normalized spacial score (nSPS) is 10.7. The average molecular weight is 373 g/mol. The molecule has 0 aliphatic heterocycles. The number of carbonyl (C=O) groups is 1. The Balaban J connectivity index is 1.50. The van der Waals surface area contributed by atoms with Gasteiger partial charge in [-0.15, -0.1) is 0 Å². The first-order valence-electron chi connectivity index (χ1n) is 9.95. The molecule has 0 unspecified atom stereocenters. The first kappa shape index (κ1) is 19.9. The van der Waals surface area contributed by atoms with Crippen molar-refractivity contribution in [3.8, 4) is 11.5 Å². The molecule has 3 rings (SSSR count). The average Bonchev–Trinajstić information content (AvgIpc) is 2.69. The fourth-order valence-electron chi connectivity index (χ4n) is 3.24. The summed E-state index contributed by atoms with van der Waals surface area (Å²) in [6.45, 7) is 5.82. The van der Waals surface area contributed by atoms with Crippen LogP contribution in [0.5, 0.6) is 11.5 Å². The molecular formula is C26H28O2. The van der Waals surface area contributed by atoms with E-state index in [0.29, 0.717) is 0 Å². The second-order valence-corrected chi connectivity index (χ2v) is 7.46. The minimum Gasteiger partial charge on any atom is -0.457 e. The molecule has 0 N–H and O–H groups in total. The molecule has 0 radical (unpaired) electrons. The zero-order valence-corrected chi connectivity index (χ0v) is 17.0. The number of rotatable bonds is 8. The number of benzene rings is 3. The highest BCUT2D eigenvalue weighted by Crippen LogP contribution is 2.25. The van der Waals surface area contributed by atoms with E-state index < -0.39 is 0 Å². The van der Waals surface area contributed by atoms with E-state index in [9.17, 15) is 4.79 Å². The van der Waals surface area contributed by atoms with Crippen molar-refractivity contribution in [2.45, 2.75) is 46.5 Å². The van der Waals surface area contributed by atoms with E-state index in [4.69, 9.17) is 4.74 Å². The van der Waals surface area contributed by atoms with Gasteiger partial charge in [0, 0.05) is 5.56 Å². The molecule has 3 aromatic rings. The molecular weight excluding hydrogens is 344 g/mol. The highest BCUT2D eigenvalue weighted by molar-refractivity contribution is 5.93. The van der Waals surface area contributed by atoms with Crippen molar-refractivity contribution in [1.29, 1.82) is 0 Å². The minimum atomic E-state index is 0.120. The van der Waals surface area contributed by atoms with E-state index in [1.165, 1.54) is 22.3 Å². The second kappa shape index (κ2) is 9.36. The van der Waals surface area contributed by atoms with Crippen LogP contribution < -0.4 is 4.74 Å². The Hall–Kier alpha value is -2.87. The largest absolute Gasteiger partial charge is 0.457 e. The summed E-state index contributed by atoms with van der Waals surface area (Å²) in [7, 11) is 0. The summed E-state index contributed by atoms with van der Waals surface area (Å²) < 4.78 is 6.03. The Morgan fingerprint density at radius 1 is 0.750 bits per heavy atom. The van der Waals surface area contributed by atoms with Crippen LogP contribution in [0.1, 0.15) is 52.4 Å². The quantitative estimate of drug-likeness (QED) is 0.319. The molecule has 0 saturated carbocycles. The van der Waals surface area contributed by atoms with Gasteiger partial charge in [-0.2, -0.15) is 0 Å². The molecule has 2 heteroatoms. The summed E-state index contributed by atoms with van der Waals surface area (Å²) in [6.07, 6.45) is 4.33. The zero-order chi connectivity index (χ0) is 19.9. The Labute approximate surface area is 168 Å². The summed E-state index contributed by atoms with van der Waals surface area (Å²) in [5.41, 5.74) is 5.89. The van der Waals surface area contributed by atoms with Crippen molar-refractivity contribution >= 4 is 5.78 Å². The number of hydrogen-bond donors (Lipinski definition) is 0. The molecule has 144 valence electrons. The molecule has 0 atom stereocenters. The predicted octanol–water partition coefficient (Wildman–Crippen LogP) is 6.86. The van der Waals surface area contributed by atoms with Crippen LogP contribution in [-0.2, 0) is 12.8 Å². The topological polar surface area (TPSA) is 26.3 Å². The predicted molar refractivity (Wildman–Crippen MR) is 116 cm³/mol. The molecule has 0 saturated heterocycles. The molecule has 0 aliphatic rings. The fraction of sp³-hybridized carbons (Fsp3) is 0.269. The number of ether oxygens (including phenoxy) is 1. The van der Waals surface area contributed by atoms with Crippen molar-refractivity contribution in [2.24, 2.45) is 0 Å². The van der Waals surface area contributed by atoms with Crippen LogP contribution in [0.25, 0.3) is 0 Å². The lowest BCUT2D eigenvalue weighted by Crippen LogP contribution is -1.94. The summed E-state index contributed by atoms with van der Waals surface area (Å²) in [4.78, 5) is 11.3. The summed E-state index contributed by atoms with van der Waals surface area (Å²) >= 11 is 0. The lowest BCUT2D eigenvalue weighted by Gasteiger charge is -2.09. The first-order chi connectivity index (χ1) is 13.5. The molecule has 28 heavy (non-hydrogen) atoms. The smallest absolute Gasteiger partial charge is 0.159 e. The fourth-order valence-corrected chi connectivity index (χ4v) is 3.24. The molecule has 2 nitrogen and oxygen atoms in total. The van der Waals surface area contributed by atoms with Crippen molar-refractivity contribution in [3.05, 3.63) is 94.5 Å². The van der Waals surface area contributed by atoms with Crippen LogP contribution in [0.3, 0.4) is 0 Å².